The van der Waals surface area contributed by atoms with Crippen molar-refractivity contribution in [3.63, 3.8) is 0 Å². The van der Waals surface area contributed by atoms with Crippen molar-refractivity contribution in [1.29, 1.82) is 0 Å². The van der Waals surface area contributed by atoms with Crippen molar-refractivity contribution >= 4 is 28.4 Å². The molecular weight excluding hydrogens is 418 g/mol. The van der Waals surface area contributed by atoms with Crippen molar-refractivity contribution in [2.24, 2.45) is 0 Å². The molecule has 2 aliphatic rings. The Morgan fingerprint density at radius 3 is 2.68 bits per heavy atom. The number of allylic oxidation sites excluding steroid dienone is 2. The molecule has 0 bridgehead atoms. The monoisotopic (exact) mass is 455 g/mol. The first-order chi connectivity index (χ1) is 16.4. The normalized spacial score (nSPS) is 18.0. The van der Waals surface area contributed by atoms with E-state index in [2.05, 4.69) is 96.7 Å². The largest absolute Gasteiger partial charge is 0.396 e. The fraction of sp³-hybridized carbons (Fsp3) is 0.400. The molecular formula is C30H37N3O. The highest BCUT2D eigenvalue weighted by Gasteiger charge is 2.22. The number of aliphatic hydroxyl groups excluding tert-OH is 1. The van der Waals surface area contributed by atoms with E-state index < -0.39 is 0 Å². The quantitative estimate of drug-likeness (QED) is 0.373. The summed E-state index contributed by atoms with van der Waals surface area (Å²) in [4.78, 5) is 0. The van der Waals surface area contributed by atoms with E-state index in [1.54, 1.807) is 0 Å². The van der Waals surface area contributed by atoms with Crippen molar-refractivity contribution in [2.75, 3.05) is 17.2 Å². The first-order valence-corrected chi connectivity index (χ1v) is 12.7. The molecule has 1 unspecified atom stereocenters. The van der Waals surface area contributed by atoms with Crippen molar-refractivity contribution in [3.8, 4) is 0 Å². The Morgan fingerprint density at radius 2 is 1.94 bits per heavy atom. The Hall–Kier alpha value is -2.98. The minimum atomic E-state index is -0.00470. The Morgan fingerprint density at radius 1 is 1.12 bits per heavy atom. The van der Waals surface area contributed by atoms with Gasteiger partial charge in [-0.3, -0.25) is 0 Å². The highest BCUT2D eigenvalue weighted by molar-refractivity contribution is 5.84. The fourth-order valence-electron chi connectivity index (χ4n) is 5.32. The maximum absolute atomic E-state index is 9.34. The van der Waals surface area contributed by atoms with Crippen LogP contribution in [0.5, 0.6) is 0 Å². The van der Waals surface area contributed by atoms with Gasteiger partial charge in [0.15, 0.2) is 0 Å². The third-order valence-corrected chi connectivity index (χ3v) is 7.19. The van der Waals surface area contributed by atoms with Gasteiger partial charge in [-0.1, -0.05) is 24.3 Å². The molecule has 1 aliphatic carbocycles. The van der Waals surface area contributed by atoms with Crippen molar-refractivity contribution < 1.29 is 5.11 Å². The Labute approximate surface area is 203 Å². The van der Waals surface area contributed by atoms with Crippen LogP contribution in [-0.2, 0) is 12.0 Å². The summed E-state index contributed by atoms with van der Waals surface area (Å²) < 4.78 is 2.44. The Kier molecular flexibility index (Phi) is 6.26. The molecule has 3 aromatic rings. The van der Waals surface area contributed by atoms with Gasteiger partial charge in [-0.25, -0.2) is 0 Å². The van der Waals surface area contributed by atoms with Gasteiger partial charge in [0.05, 0.1) is 0 Å². The van der Waals surface area contributed by atoms with E-state index in [9.17, 15) is 5.11 Å². The number of anilines is 2. The van der Waals surface area contributed by atoms with Gasteiger partial charge in [0.25, 0.3) is 0 Å². The van der Waals surface area contributed by atoms with E-state index in [1.807, 2.05) is 0 Å². The summed E-state index contributed by atoms with van der Waals surface area (Å²) in [6.45, 7) is 7.05. The molecule has 0 saturated heterocycles. The number of benzene rings is 2. The van der Waals surface area contributed by atoms with Crippen molar-refractivity contribution in [3.05, 3.63) is 77.1 Å². The van der Waals surface area contributed by atoms with Crippen LogP contribution in [0.15, 0.2) is 65.9 Å². The number of nitrogens with one attached hydrogen (secondary N) is 2. The summed E-state index contributed by atoms with van der Waals surface area (Å²) in [6.07, 6.45) is 11.1. The third kappa shape index (κ3) is 4.52. The van der Waals surface area contributed by atoms with Crippen LogP contribution in [-0.4, -0.2) is 22.3 Å². The number of rotatable bonds is 6. The molecule has 1 aromatic heterocycles. The van der Waals surface area contributed by atoms with Gasteiger partial charge in [0.2, 0.25) is 0 Å². The molecule has 2 aromatic carbocycles. The minimum Gasteiger partial charge on any atom is -0.396 e. The molecule has 4 heteroatoms. The van der Waals surface area contributed by atoms with Crippen LogP contribution in [0.25, 0.3) is 17.0 Å². The number of aromatic nitrogens is 1. The second-order valence-electron chi connectivity index (χ2n) is 10.7. The standard InChI is InChI=1S/C30H37N3O/c1-30(2,3)33-24(20-22-8-4-5-13-29(22)33)15-17-26(21-9-6-10-21)32-28-12-7-11-27-25(28)16-14-23(31-27)18-19-34/h4-5,7-8,11-13,15,17,20,23,31-32,34H,6,9-10,14,16,18-19H2,1-3H3/b17-15+. The molecule has 178 valence electrons. The summed E-state index contributed by atoms with van der Waals surface area (Å²) in [5.74, 6) is 0. The van der Waals surface area contributed by atoms with E-state index in [4.69, 9.17) is 0 Å². The van der Waals surface area contributed by atoms with Gasteiger partial charge in [0.1, 0.15) is 0 Å². The predicted octanol–water partition coefficient (Wildman–Crippen LogP) is 7.07. The Balaban J connectivity index is 1.47. The van der Waals surface area contributed by atoms with Crippen LogP contribution in [0.2, 0.25) is 0 Å². The van der Waals surface area contributed by atoms with Crippen molar-refractivity contribution in [1.82, 2.24) is 4.57 Å². The van der Waals surface area contributed by atoms with Gasteiger partial charge < -0.3 is 20.3 Å². The third-order valence-electron chi connectivity index (χ3n) is 7.19. The number of para-hydroxylation sites is 1. The predicted molar refractivity (Wildman–Crippen MR) is 144 cm³/mol. The summed E-state index contributed by atoms with van der Waals surface area (Å²) in [5, 5.41) is 18.1. The second kappa shape index (κ2) is 9.34. The highest BCUT2D eigenvalue weighted by atomic mass is 16.3. The smallest absolute Gasteiger partial charge is 0.0490 e. The van der Waals surface area contributed by atoms with Gasteiger partial charge in [-0.2, -0.15) is 0 Å². The molecule has 0 radical (unpaired) electrons. The topological polar surface area (TPSA) is 49.2 Å². The van der Waals surface area contributed by atoms with Gasteiger partial charge in [-0.05, 0) is 107 Å². The van der Waals surface area contributed by atoms with Crippen LogP contribution < -0.4 is 10.6 Å². The summed E-state index contributed by atoms with van der Waals surface area (Å²) in [5.41, 5.74) is 9.00. The number of aliphatic hydroxyl groups is 1. The van der Waals surface area contributed by atoms with E-state index in [0.29, 0.717) is 6.04 Å². The molecule has 0 amide bonds. The lowest BCUT2D eigenvalue weighted by molar-refractivity contribution is 0.276. The zero-order chi connectivity index (χ0) is 23.7. The molecule has 1 aliphatic heterocycles. The minimum absolute atomic E-state index is 0.00470. The molecule has 4 nitrogen and oxygen atoms in total. The highest BCUT2D eigenvalue weighted by Crippen LogP contribution is 2.36. The molecule has 1 fully saturated rings. The maximum atomic E-state index is 9.34. The number of hydrogen-bond donors (Lipinski definition) is 3. The summed E-state index contributed by atoms with van der Waals surface area (Å²) in [6, 6.07) is 17.8. The van der Waals surface area contributed by atoms with Crippen molar-refractivity contribution in [2.45, 2.75) is 70.9 Å². The Bertz CT molecular complexity index is 1240. The van der Waals surface area contributed by atoms with Crippen LogP contribution in [0.1, 0.15) is 64.1 Å². The van der Waals surface area contributed by atoms with E-state index >= 15 is 0 Å². The van der Waals surface area contributed by atoms with E-state index in [-0.39, 0.29) is 12.1 Å². The van der Waals surface area contributed by atoms with Crippen LogP contribution in [0, 0.1) is 0 Å². The zero-order valence-corrected chi connectivity index (χ0v) is 20.7. The number of nitrogens with zero attached hydrogens (tertiary/aromatic N) is 1. The van der Waals surface area contributed by atoms with Gasteiger partial charge >= 0.3 is 0 Å². The molecule has 0 spiro atoms. The molecule has 1 saturated carbocycles. The van der Waals surface area contributed by atoms with E-state index in [1.165, 1.54) is 64.1 Å². The number of fused-ring (bicyclic) bond motifs is 2. The SMILES string of the molecule is CC(C)(C)n1c(/C=C/C(Nc2cccc3c2CCC(CCO)N3)=C2CCC2)cc2ccccc21. The van der Waals surface area contributed by atoms with Gasteiger partial charge in [-0.15, -0.1) is 0 Å². The molecule has 1 atom stereocenters. The molecule has 2 heterocycles. The first-order valence-electron chi connectivity index (χ1n) is 12.7. The maximum Gasteiger partial charge on any atom is 0.0490 e. The lowest BCUT2D eigenvalue weighted by Gasteiger charge is -2.29. The van der Waals surface area contributed by atoms with Gasteiger partial charge in [0, 0.05) is 51.9 Å². The lowest BCUT2D eigenvalue weighted by Crippen LogP contribution is -2.27. The first kappa shape index (κ1) is 22.8. The van der Waals surface area contributed by atoms with Crippen LogP contribution in [0.3, 0.4) is 0 Å². The summed E-state index contributed by atoms with van der Waals surface area (Å²) in [7, 11) is 0. The average Bonchev–Trinajstić information content (AvgIpc) is 3.15. The molecule has 34 heavy (non-hydrogen) atoms. The summed E-state index contributed by atoms with van der Waals surface area (Å²) >= 11 is 0. The fourth-order valence-corrected chi connectivity index (χ4v) is 5.32. The van der Waals surface area contributed by atoms with Crippen LogP contribution >= 0.6 is 0 Å². The molecule has 3 N–H and O–H groups in total. The lowest BCUT2D eigenvalue weighted by atomic mass is 9.89. The number of hydrogen-bond acceptors (Lipinski definition) is 3. The van der Waals surface area contributed by atoms with Crippen LogP contribution in [0.4, 0.5) is 11.4 Å². The second-order valence-corrected chi connectivity index (χ2v) is 10.7. The van der Waals surface area contributed by atoms with E-state index in [0.717, 1.165) is 19.3 Å². The zero-order valence-electron chi connectivity index (χ0n) is 20.7. The molecule has 5 rings (SSSR count). The average molecular weight is 456 g/mol.